The molecule has 1 heterocycles. The second-order valence-electron chi connectivity index (χ2n) is 3.90. The number of hydrogen-bond donors (Lipinski definition) is 1. The Kier molecular flexibility index (Phi) is 5.45. The molecule has 2 rings (SSSR count). The van der Waals surface area contributed by atoms with E-state index in [1.807, 2.05) is 28.7 Å². The number of nitriles is 1. The van der Waals surface area contributed by atoms with Gasteiger partial charge in [0.25, 0.3) is 5.91 Å². The first kappa shape index (κ1) is 16.1. The summed E-state index contributed by atoms with van der Waals surface area (Å²) >= 11 is 11.1. The second-order valence-corrected chi connectivity index (χ2v) is 6.17. The highest BCUT2D eigenvalue weighted by atomic mass is 127. The van der Waals surface area contributed by atoms with E-state index >= 15 is 0 Å². The minimum absolute atomic E-state index is 0.0531. The zero-order chi connectivity index (χ0) is 15.4. The number of benzene rings is 1. The van der Waals surface area contributed by atoms with E-state index in [1.54, 1.807) is 30.3 Å². The van der Waals surface area contributed by atoms with Crippen molar-refractivity contribution >= 4 is 67.8 Å². The standard InChI is InChI=1S/C14H7BrClIN2O2/c15-12-6-11(21-13(12)17)5-8(7-18)14(20)19-10-3-1-9(16)2-4-10/h1-6H,(H,19,20). The van der Waals surface area contributed by atoms with Crippen LogP contribution in [0.25, 0.3) is 6.08 Å². The van der Waals surface area contributed by atoms with Crippen LogP contribution in [0.15, 0.2) is 44.8 Å². The highest BCUT2D eigenvalue weighted by Gasteiger charge is 2.12. The molecule has 1 amide bonds. The minimum Gasteiger partial charge on any atom is -0.450 e. The van der Waals surface area contributed by atoms with Crippen LogP contribution in [0.2, 0.25) is 5.02 Å². The van der Waals surface area contributed by atoms with Gasteiger partial charge in [0.2, 0.25) is 0 Å². The zero-order valence-corrected chi connectivity index (χ0v) is 14.9. The number of anilines is 1. The quantitative estimate of drug-likeness (QED) is 0.391. The Morgan fingerprint density at radius 1 is 1.43 bits per heavy atom. The first-order chi connectivity index (χ1) is 9.99. The van der Waals surface area contributed by atoms with Crippen molar-refractivity contribution in [2.75, 3.05) is 5.32 Å². The van der Waals surface area contributed by atoms with Gasteiger partial charge in [-0.05, 0) is 46.3 Å². The fourth-order valence-corrected chi connectivity index (χ4v) is 2.30. The van der Waals surface area contributed by atoms with Crippen molar-refractivity contribution in [3.63, 3.8) is 0 Å². The van der Waals surface area contributed by atoms with Crippen molar-refractivity contribution in [3.8, 4) is 6.07 Å². The van der Waals surface area contributed by atoms with Crippen LogP contribution >= 0.6 is 50.1 Å². The summed E-state index contributed by atoms with van der Waals surface area (Å²) in [5, 5.41) is 12.3. The average Bonchev–Trinajstić information content (AvgIpc) is 2.77. The second kappa shape index (κ2) is 7.11. The average molecular weight is 477 g/mol. The lowest BCUT2D eigenvalue weighted by Gasteiger charge is -2.03. The molecule has 0 aliphatic carbocycles. The van der Waals surface area contributed by atoms with Crippen LogP contribution in [0.5, 0.6) is 0 Å². The largest absolute Gasteiger partial charge is 0.450 e. The SMILES string of the molecule is N#CC(=Cc1cc(Br)c(I)o1)C(=O)Nc1ccc(Cl)cc1. The molecule has 0 radical (unpaired) electrons. The Balaban J connectivity index is 2.19. The molecule has 0 spiro atoms. The molecule has 106 valence electrons. The molecule has 21 heavy (non-hydrogen) atoms. The number of rotatable bonds is 3. The summed E-state index contributed by atoms with van der Waals surface area (Å²) < 4.78 is 6.79. The van der Waals surface area contributed by atoms with Crippen molar-refractivity contribution in [1.29, 1.82) is 5.26 Å². The van der Waals surface area contributed by atoms with E-state index in [4.69, 9.17) is 21.3 Å². The Labute approximate surface area is 148 Å². The van der Waals surface area contributed by atoms with E-state index in [0.717, 1.165) is 4.47 Å². The Morgan fingerprint density at radius 2 is 2.10 bits per heavy atom. The monoisotopic (exact) mass is 476 g/mol. The van der Waals surface area contributed by atoms with Gasteiger partial charge in [0.05, 0.1) is 4.47 Å². The van der Waals surface area contributed by atoms with Gasteiger partial charge in [0, 0.05) is 39.4 Å². The topological polar surface area (TPSA) is 66.0 Å². The molecule has 1 N–H and O–H groups in total. The molecule has 1 aromatic carbocycles. The first-order valence-electron chi connectivity index (χ1n) is 5.63. The van der Waals surface area contributed by atoms with Crippen LogP contribution in [-0.2, 0) is 4.79 Å². The smallest absolute Gasteiger partial charge is 0.266 e. The predicted octanol–water partition coefficient (Wildman–Crippen LogP) is 4.85. The van der Waals surface area contributed by atoms with E-state index in [0.29, 0.717) is 20.2 Å². The lowest BCUT2D eigenvalue weighted by atomic mass is 10.2. The molecule has 4 nitrogen and oxygen atoms in total. The number of halogens is 3. The number of amides is 1. The van der Waals surface area contributed by atoms with E-state index in [9.17, 15) is 4.79 Å². The molecule has 0 fully saturated rings. The number of carbonyl (C=O) groups excluding carboxylic acids is 1. The molecular formula is C14H7BrClIN2O2. The molecule has 0 aliphatic rings. The van der Waals surface area contributed by atoms with Crippen LogP contribution in [0.4, 0.5) is 5.69 Å². The van der Waals surface area contributed by atoms with Crippen molar-refractivity contribution in [2.24, 2.45) is 0 Å². The van der Waals surface area contributed by atoms with Crippen molar-refractivity contribution < 1.29 is 9.21 Å². The van der Waals surface area contributed by atoms with Crippen LogP contribution in [-0.4, -0.2) is 5.91 Å². The summed E-state index contributed by atoms with van der Waals surface area (Å²) in [6.07, 6.45) is 1.39. The van der Waals surface area contributed by atoms with Crippen molar-refractivity contribution in [3.05, 3.63) is 54.9 Å². The summed E-state index contributed by atoms with van der Waals surface area (Å²) in [6.45, 7) is 0. The number of nitrogens with zero attached hydrogens (tertiary/aromatic N) is 1. The molecule has 0 atom stereocenters. The van der Waals surface area contributed by atoms with Crippen LogP contribution < -0.4 is 5.32 Å². The van der Waals surface area contributed by atoms with Gasteiger partial charge in [-0.25, -0.2) is 0 Å². The third-order valence-electron chi connectivity index (χ3n) is 2.42. The predicted molar refractivity (Wildman–Crippen MR) is 92.8 cm³/mol. The Hall–Kier alpha value is -1.30. The molecule has 1 aromatic heterocycles. The van der Waals surface area contributed by atoms with Crippen molar-refractivity contribution in [1.82, 2.24) is 0 Å². The Bertz CT molecular complexity index is 728. The summed E-state index contributed by atoms with van der Waals surface area (Å²) in [7, 11) is 0. The van der Waals surface area contributed by atoms with Gasteiger partial charge in [0.15, 0.2) is 3.77 Å². The maximum Gasteiger partial charge on any atom is 0.266 e. The summed E-state index contributed by atoms with van der Waals surface area (Å²) in [4.78, 5) is 12.0. The third kappa shape index (κ3) is 4.33. The minimum atomic E-state index is -0.512. The van der Waals surface area contributed by atoms with Crippen LogP contribution in [0.3, 0.4) is 0 Å². The zero-order valence-electron chi connectivity index (χ0n) is 10.4. The van der Waals surface area contributed by atoms with Gasteiger partial charge in [-0.2, -0.15) is 5.26 Å². The van der Waals surface area contributed by atoms with Crippen molar-refractivity contribution in [2.45, 2.75) is 0 Å². The highest BCUT2D eigenvalue weighted by Crippen LogP contribution is 2.24. The molecule has 0 bridgehead atoms. The molecule has 7 heteroatoms. The van der Waals surface area contributed by atoms with Gasteiger partial charge in [0.1, 0.15) is 17.4 Å². The van der Waals surface area contributed by atoms with Gasteiger partial charge in [-0.3, -0.25) is 4.79 Å². The molecule has 0 unspecified atom stereocenters. The van der Waals surface area contributed by atoms with Gasteiger partial charge >= 0.3 is 0 Å². The highest BCUT2D eigenvalue weighted by molar-refractivity contribution is 14.1. The Morgan fingerprint density at radius 3 is 2.62 bits per heavy atom. The molecule has 0 aliphatic heterocycles. The van der Waals surface area contributed by atoms with Crippen LogP contribution in [0, 0.1) is 15.1 Å². The molecule has 0 saturated carbocycles. The maximum atomic E-state index is 12.0. The number of furan rings is 1. The van der Waals surface area contributed by atoms with E-state index < -0.39 is 5.91 Å². The third-order valence-corrected chi connectivity index (χ3v) is 4.80. The van der Waals surface area contributed by atoms with E-state index in [1.165, 1.54) is 6.08 Å². The van der Waals surface area contributed by atoms with E-state index in [-0.39, 0.29) is 5.57 Å². The fraction of sp³-hybridized carbons (Fsp3) is 0. The first-order valence-corrected chi connectivity index (χ1v) is 7.88. The van der Waals surface area contributed by atoms with Gasteiger partial charge in [-0.15, -0.1) is 0 Å². The molecule has 2 aromatic rings. The van der Waals surface area contributed by atoms with Crippen LogP contribution in [0.1, 0.15) is 5.76 Å². The molecular weight excluding hydrogens is 470 g/mol. The molecule has 0 saturated heterocycles. The summed E-state index contributed by atoms with van der Waals surface area (Å²) in [5.41, 5.74) is 0.503. The lowest BCUT2D eigenvalue weighted by molar-refractivity contribution is -0.112. The van der Waals surface area contributed by atoms with Gasteiger partial charge in [-0.1, -0.05) is 11.6 Å². The number of nitrogens with one attached hydrogen (secondary N) is 1. The fourth-order valence-electron chi connectivity index (χ4n) is 1.46. The number of carbonyl (C=O) groups is 1. The number of hydrogen-bond acceptors (Lipinski definition) is 3. The summed E-state index contributed by atoms with van der Waals surface area (Å²) in [6, 6.07) is 10.2. The normalized spacial score (nSPS) is 11.0. The van der Waals surface area contributed by atoms with E-state index in [2.05, 4.69) is 21.2 Å². The maximum absolute atomic E-state index is 12.0. The lowest BCUT2D eigenvalue weighted by Crippen LogP contribution is -2.13. The van der Waals surface area contributed by atoms with Gasteiger partial charge < -0.3 is 9.73 Å². The summed E-state index contributed by atoms with van der Waals surface area (Å²) in [5.74, 6) is -0.0866.